The summed E-state index contributed by atoms with van der Waals surface area (Å²) in [5.74, 6) is -0.903. The summed E-state index contributed by atoms with van der Waals surface area (Å²) in [6.07, 6.45) is 2.63. The van der Waals surface area contributed by atoms with Crippen LogP contribution in [-0.4, -0.2) is 40.5 Å². The Hall–Kier alpha value is -1.10. The van der Waals surface area contributed by atoms with Crippen molar-refractivity contribution in [2.45, 2.75) is 65.5 Å². The van der Waals surface area contributed by atoms with Crippen molar-refractivity contribution in [2.24, 2.45) is 11.7 Å². The van der Waals surface area contributed by atoms with Crippen LogP contribution in [0.1, 0.15) is 53.4 Å². The highest BCUT2D eigenvalue weighted by molar-refractivity contribution is 5.79. The molecule has 0 aromatic rings. The normalized spacial score (nSPS) is 15.6. The topological polar surface area (TPSA) is 83.6 Å². The maximum Gasteiger partial charge on any atom is 0.305 e. The zero-order chi connectivity index (χ0) is 15.0. The molecule has 0 aromatic heterocycles. The molecular weight excluding hydrogens is 244 g/mol. The molecule has 19 heavy (non-hydrogen) atoms. The van der Waals surface area contributed by atoms with Crippen molar-refractivity contribution in [1.82, 2.24) is 4.90 Å². The summed E-state index contributed by atoms with van der Waals surface area (Å²) in [7, 11) is 0. The van der Waals surface area contributed by atoms with Gasteiger partial charge in [0.15, 0.2) is 0 Å². The molecule has 0 aliphatic heterocycles. The molecule has 0 aliphatic carbocycles. The molecule has 5 heteroatoms. The second kappa shape index (κ2) is 8.91. The second-order valence-electron chi connectivity index (χ2n) is 5.38. The molecular formula is C14H28N2O3. The molecule has 5 nitrogen and oxygen atoms in total. The van der Waals surface area contributed by atoms with Crippen LogP contribution in [-0.2, 0) is 9.59 Å². The number of aliphatic carboxylic acids is 1. The minimum Gasteiger partial charge on any atom is -0.481 e. The highest BCUT2D eigenvalue weighted by atomic mass is 16.4. The van der Waals surface area contributed by atoms with Gasteiger partial charge in [0.05, 0.1) is 6.42 Å². The van der Waals surface area contributed by atoms with E-state index in [1.54, 1.807) is 11.8 Å². The molecule has 112 valence electrons. The Balaban J connectivity index is 4.36. The van der Waals surface area contributed by atoms with Crippen LogP contribution < -0.4 is 5.73 Å². The van der Waals surface area contributed by atoms with Gasteiger partial charge in [-0.1, -0.05) is 13.3 Å². The fourth-order valence-corrected chi connectivity index (χ4v) is 2.20. The number of nitrogens with two attached hydrogens (primary N) is 1. The Morgan fingerprint density at radius 1 is 1.21 bits per heavy atom. The van der Waals surface area contributed by atoms with Gasteiger partial charge in [0, 0.05) is 24.5 Å². The van der Waals surface area contributed by atoms with Crippen LogP contribution in [0.5, 0.6) is 0 Å². The Morgan fingerprint density at radius 2 is 1.79 bits per heavy atom. The molecule has 0 fully saturated rings. The summed E-state index contributed by atoms with van der Waals surface area (Å²) >= 11 is 0. The Labute approximate surface area is 116 Å². The van der Waals surface area contributed by atoms with Gasteiger partial charge in [-0.2, -0.15) is 0 Å². The van der Waals surface area contributed by atoms with Gasteiger partial charge in [0.2, 0.25) is 5.91 Å². The second-order valence-corrected chi connectivity index (χ2v) is 5.38. The molecule has 0 spiro atoms. The zero-order valence-corrected chi connectivity index (χ0v) is 12.6. The third kappa shape index (κ3) is 7.15. The van der Waals surface area contributed by atoms with Crippen molar-refractivity contribution in [3.8, 4) is 0 Å². The Kier molecular flexibility index (Phi) is 8.39. The minimum atomic E-state index is -0.872. The minimum absolute atomic E-state index is 0.00780. The van der Waals surface area contributed by atoms with E-state index in [1.807, 2.05) is 20.8 Å². The molecule has 1 amide bonds. The number of hydrogen-bond donors (Lipinski definition) is 2. The van der Waals surface area contributed by atoms with Gasteiger partial charge in [0.25, 0.3) is 0 Å². The number of amides is 1. The van der Waals surface area contributed by atoms with Crippen molar-refractivity contribution in [3.63, 3.8) is 0 Å². The van der Waals surface area contributed by atoms with E-state index in [2.05, 4.69) is 0 Å². The Bertz CT molecular complexity index is 292. The van der Waals surface area contributed by atoms with Gasteiger partial charge in [0.1, 0.15) is 0 Å². The van der Waals surface area contributed by atoms with E-state index in [-0.39, 0.29) is 30.3 Å². The van der Waals surface area contributed by atoms with Crippen molar-refractivity contribution < 1.29 is 14.7 Å². The van der Waals surface area contributed by atoms with Gasteiger partial charge in [-0.15, -0.1) is 0 Å². The van der Waals surface area contributed by atoms with Crippen LogP contribution in [0.3, 0.4) is 0 Å². The quantitative estimate of drug-likeness (QED) is 0.671. The third-order valence-corrected chi connectivity index (χ3v) is 3.34. The van der Waals surface area contributed by atoms with E-state index in [0.717, 1.165) is 19.3 Å². The van der Waals surface area contributed by atoms with Crippen molar-refractivity contribution in [2.75, 3.05) is 6.54 Å². The van der Waals surface area contributed by atoms with Crippen LogP contribution >= 0.6 is 0 Å². The molecule has 3 atom stereocenters. The lowest BCUT2D eigenvalue weighted by atomic mass is 9.99. The summed E-state index contributed by atoms with van der Waals surface area (Å²) in [6.45, 7) is 8.07. The molecule has 0 bridgehead atoms. The number of carbonyl (C=O) groups excluding carboxylic acids is 1. The zero-order valence-electron chi connectivity index (χ0n) is 12.6. The van der Waals surface area contributed by atoms with E-state index in [4.69, 9.17) is 10.8 Å². The molecule has 0 radical (unpaired) electrons. The molecule has 3 N–H and O–H groups in total. The summed E-state index contributed by atoms with van der Waals surface area (Å²) in [5.41, 5.74) is 5.68. The van der Waals surface area contributed by atoms with E-state index < -0.39 is 5.97 Å². The first-order valence-electron chi connectivity index (χ1n) is 7.07. The lowest BCUT2D eigenvalue weighted by Crippen LogP contribution is -2.42. The van der Waals surface area contributed by atoms with E-state index in [1.165, 1.54) is 0 Å². The highest BCUT2D eigenvalue weighted by Gasteiger charge is 2.24. The van der Waals surface area contributed by atoms with Crippen LogP contribution in [0.15, 0.2) is 0 Å². The third-order valence-electron chi connectivity index (χ3n) is 3.34. The predicted octanol–water partition coefficient (Wildman–Crippen LogP) is 1.85. The summed E-state index contributed by atoms with van der Waals surface area (Å²) in [4.78, 5) is 24.6. The van der Waals surface area contributed by atoms with Crippen LogP contribution in [0.4, 0.5) is 0 Å². The number of carboxylic acid groups (broad SMARTS) is 1. The van der Waals surface area contributed by atoms with Gasteiger partial charge < -0.3 is 15.7 Å². The van der Waals surface area contributed by atoms with E-state index in [0.29, 0.717) is 6.54 Å². The fraction of sp³-hybridized carbons (Fsp3) is 0.857. The van der Waals surface area contributed by atoms with Gasteiger partial charge in [-0.25, -0.2) is 0 Å². The molecule has 3 unspecified atom stereocenters. The number of hydrogen-bond acceptors (Lipinski definition) is 3. The molecule has 0 heterocycles. The number of carbonyl (C=O) groups is 2. The van der Waals surface area contributed by atoms with Crippen molar-refractivity contribution in [1.29, 1.82) is 0 Å². The molecule has 0 saturated carbocycles. The first kappa shape index (κ1) is 17.9. The maximum atomic E-state index is 12.3. The molecule has 0 aromatic carbocycles. The fourth-order valence-electron chi connectivity index (χ4n) is 2.20. The summed E-state index contributed by atoms with van der Waals surface area (Å²) < 4.78 is 0. The largest absolute Gasteiger partial charge is 0.481 e. The Morgan fingerprint density at radius 3 is 2.21 bits per heavy atom. The average Bonchev–Trinajstić information content (AvgIpc) is 2.27. The predicted molar refractivity (Wildman–Crippen MR) is 75.8 cm³/mol. The number of rotatable bonds is 9. The van der Waals surface area contributed by atoms with E-state index >= 15 is 0 Å². The van der Waals surface area contributed by atoms with Gasteiger partial charge in [-0.05, 0) is 33.6 Å². The molecule has 0 saturated heterocycles. The standard InChI is InChI=1S/C14H28N2O3/c1-5-16(12(4)9-13(17)18)14(19)10(2)7-6-8-11(3)15/h10-12H,5-9,15H2,1-4H3,(H,17,18). The first-order valence-corrected chi connectivity index (χ1v) is 7.07. The summed E-state index contributed by atoms with van der Waals surface area (Å²) in [5, 5.41) is 8.80. The smallest absolute Gasteiger partial charge is 0.305 e. The molecule has 0 rings (SSSR count). The van der Waals surface area contributed by atoms with Crippen LogP contribution in [0.2, 0.25) is 0 Å². The lowest BCUT2D eigenvalue weighted by molar-refractivity contribution is -0.142. The highest BCUT2D eigenvalue weighted by Crippen LogP contribution is 2.15. The number of carboxylic acids is 1. The maximum absolute atomic E-state index is 12.3. The van der Waals surface area contributed by atoms with Crippen LogP contribution in [0.25, 0.3) is 0 Å². The van der Waals surface area contributed by atoms with Gasteiger partial charge >= 0.3 is 5.97 Å². The molecule has 0 aliphatic rings. The SMILES string of the molecule is CCN(C(=O)C(C)CCCC(C)N)C(C)CC(=O)O. The number of nitrogens with zero attached hydrogens (tertiary/aromatic N) is 1. The van der Waals surface area contributed by atoms with Crippen LogP contribution in [0, 0.1) is 5.92 Å². The van der Waals surface area contributed by atoms with E-state index in [9.17, 15) is 9.59 Å². The lowest BCUT2D eigenvalue weighted by Gasteiger charge is -2.29. The first-order chi connectivity index (χ1) is 8.79. The monoisotopic (exact) mass is 272 g/mol. The van der Waals surface area contributed by atoms with Crippen molar-refractivity contribution in [3.05, 3.63) is 0 Å². The average molecular weight is 272 g/mol. The summed E-state index contributed by atoms with van der Waals surface area (Å²) in [6, 6.07) is -0.0959. The van der Waals surface area contributed by atoms with Gasteiger partial charge in [-0.3, -0.25) is 9.59 Å². The van der Waals surface area contributed by atoms with Crippen molar-refractivity contribution >= 4 is 11.9 Å².